The predicted molar refractivity (Wildman–Crippen MR) is 85.2 cm³/mol. The number of anilines is 2. The molecular formula is C14H15BrN2O2S. The molecule has 0 aliphatic carbocycles. The third-order valence-corrected chi connectivity index (χ3v) is 4.83. The van der Waals surface area contributed by atoms with E-state index in [0.29, 0.717) is 5.69 Å². The summed E-state index contributed by atoms with van der Waals surface area (Å²) in [5.41, 5.74) is 7.44. The molecule has 0 heterocycles. The lowest BCUT2D eigenvalue weighted by Crippen LogP contribution is -2.15. The average Bonchev–Trinajstić information content (AvgIpc) is 2.41. The number of sulfonamides is 1. The Balaban J connectivity index is 2.41. The fourth-order valence-electron chi connectivity index (χ4n) is 1.88. The molecule has 2 aromatic rings. The summed E-state index contributed by atoms with van der Waals surface area (Å²) in [7, 11) is -3.68. The number of hydrogen-bond donors (Lipinski definition) is 2. The van der Waals surface area contributed by atoms with Crippen LogP contribution in [-0.2, 0) is 16.4 Å². The number of halogens is 1. The maximum Gasteiger partial charge on any atom is 0.263 e. The second-order valence-corrected chi connectivity index (χ2v) is 6.86. The molecule has 20 heavy (non-hydrogen) atoms. The van der Waals surface area contributed by atoms with Gasteiger partial charge in [0.2, 0.25) is 0 Å². The zero-order chi connectivity index (χ0) is 14.8. The van der Waals surface area contributed by atoms with Crippen molar-refractivity contribution in [3.05, 3.63) is 52.5 Å². The molecule has 0 radical (unpaired) electrons. The molecule has 0 aromatic heterocycles. The number of nitrogen functional groups attached to an aromatic ring is 1. The van der Waals surface area contributed by atoms with Crippen LogP contribution in [0.25, 0.3) is 0 Å². The minimum atomic E-state index is -3.68. The molecule has 2 aromatic carbocycles. The highest BCUT2D eigenvalue weighted by molar-refractivity contribution is 9.10. The van der Waals surface area contributed by atoms with Crippen LogP contribution in [0, 0.1) is 0 Å². The zero-order valence-corrected chi connectivity index (χ0v) is 13.3. The van der Waals surface area contributed by atoms with Crippen molar-refractivity contribution in [3.63, 3.8) is 0 Å². The number of para-hydroxylation sites is 1. The third-order valence-electron chi connectivity index (χ3n) is 2.90. The molecule has 0 amide bonds. The van der Waals surface area contributed by atoms with Crippen LogP contribution in [0.1, 0.15) is 12.5 Å². The lowest BCUT2D eigenvalue weighted by molar-refractivity contribution is 0.601. The van der Waals surface area contributed by atoms with Gasteiger partial charge in [-0.2, -0.15) is 0 Å². The van der Waals surface area contributed by atoms with Gasteiger partial charge in [0.25, 0.3) is 10.0 Å². The molecule has 0 fully saturated rings. The number of nitrogens with two attached hydrogens (primary N) is 1. The van der Waals surface area contributed by atoms with Crippen molar-refractivity contribution >= 4 is 37.3 Å². The van der Waals surface area contributed by atoms with E-state index in [1.54, 1.807) is 30.3 Å². The van der Waals surface area contributed by atoms with E-state index in [1.165, 1.54) is 6.07 Å². The van der Waals surface area contributed by atoms with Gasteiger partial charge >= 0.3 is 0 Å². The lowest BCUT2D eigenvalue weighted by atomic mass is 10.1. The van der Waals surface area contributed by atoms with Gasteiger partial charge in [-0.1, -0.05) is 35.0 Å². The molecule has 0 saturated carbocycles. The van der Waals surface area contributed by atoms with Gasteiger partial charge in [-0.25, -0.2) is 8.42 Å². The van der Waals surface area contributed by atoms with Crippen molar-refractivity contribution in [2.75, 3.05) is 10.5 Å². The van der Waals surface area contributed by atoms with Crippen molar-refractivity contribution in [1.82, 2.24) is 0 Å². The predicted octanol–water partition coefficient (Wildman–Crippen LogP) is 3.39. The van der Waals surface area contributed by atoms with Crippen LogP contribution in [0.2, 0.25) is 0 Å². The second kappa shape index (κ2) is 5.85. The van der Waals surface area contributed by atoms with Crippen LogP contribution in [0.5, 0.6) is 0 Å². The Bertz CT molecular complexity index is 730. The molecular weight excluding hydrogens is 340 g/mol. The molecule has 0 spiro atoms. The average molecular weight is 355 g/mol. The van der Waals surface area contributed by atoms with Crippen molar-refractivity contribution < 1.29 is 8.42 Å². The highest BCUT2D eigenvalue weighted by atomic mass is 79.9. The van der Waals surface area contributed by atoms with Crippen LogP contribution >= 0.6 is 15.9 Å². The summed E-state index contributed by atoms with van der Waals surface area (Å²) in [6, 6.07) is 11.8. The second-order valence-electron chi connectivity index (χ2n) is 4.30. The van der Waals surface area contributed by atoms with Gasteiger partial charge in [-0.15, -0.1) is 0 Å². The minimum Gasteiger partial charge on any atom is -0.398 e. The molecule has 4 nitrogen and oxygen atoms in total. The van der Waals surface area contributed by atoms with E-state index < -0.39 is 10.0 Å². The van der Waals surface area contributed by atoms with Gasteiger partial charge in [0.05, 0.1) is 11.4 Å². The number of benzene rings is 2. The summed E-state index contributed by atoms with van der Waals surface area (Å²) < 4.78 is 28.3. The van der Waals surface area contributed by atoms with Crippen LogP contribution in [-0.4, -0.2) is 8.42 Å². The topological polar surface area (TPSA) is 72.2 Å². The Kier molecular flexibility index (Phi) is 4.35. The molecule has 6 heteroatoms. The van der Waals surface area contributed by atoms with E-state index in [2.05, 4.69) is 20.7 Å². The maximum absolute atomic E-state index is 12.4. The molecule has 0 bridgehead atoms. The van der Waals surface area contributed by atoms with Gasteiger partial charge < -0.3 is 5.73 Å². The van der Waals surface area contributed by atoms with Crippen molar-refractivity contribution in [1.29, 1.82) is 0 Å². The van der Waals surface area contributed by atoms with E-state index in [9.17, 15) is 8.42 Å². The molecule has 3 N–H and O–H groups in total. The van der Waals surface area contributed by atoms with Gasteiger partial charge in [0.15, 0.2) is 0 Å². The highest BCUT2D eigenvalue weighted by Gasteiger charge is 2.18. The molecule has 0 unspecified atom stereocenters. The van der Waals surface area contributed by atoms with Crippen LogP contribution in [0.4, 0.5) is 11.4 Å². The minimum absolute atomic E-state index is 0.0879. The summed E-state index contributed by atoms with van der Waals surface area (Å²) in [6.45, 7) is 1.97. The first-order chi connectivity index (χ1) is 9.44. The molecule has 0 aliphatic rings. The quantitative estimate of drug-likeness (QED) is 0.826. The fourth-order valence-corrected chi connectivity index (χ4v) is 3.52. The SMILES string of the molecule is CCc1cc(Br)ccc1NS(=O)(=O)c1ccccc1N. The van der Waals surface area contributed by atoms with Crippen molar-refractivity contribution in [3.8, 4) is 0 Å². The van der Waals surface area contributed by atoms with E-state index in [-0.39, 0.29) is 10.6 Å². The highest BCUT2D eigenvalue weighted by Crippen LogP contribution is 2.26. The Morgan fingerprint density at radius 3 is 2.55 bits per heavy atom. The molecule has 0 aliphatic heterocycles. The zero-order valence-electron chi connectivity index (χ0n) is 10.9. The maximum atomic E-state index is 12.4. The van der Waals surface area contributed by atoms with E-state index in [1.807, 2.05) is 13.0 Å². The first-order valence-electron chi connectivity index (χ1n) is 6.10. The number of hydrogen-bond acceptors (Lipinski definition) is 3. The van der Waals surface area contributed by atoms with Gasteiger partial charge in [-0.05, 0) is 42.3 Å². The van der Waals surface area contributed by atoms with E-state index in [0.717, 1.165) is 16.5 Å². The van der Waals surface area contributed by atoms with Crippen molar-refractivity contribution in [2.45, 2.75) is 18.2 Å². The van der Waals surface area contributed by atoms with Crippen LogP contribution < -0.4 is 10.5 Å². The van der Waals surface area contributed by atoms with E-state index >= 15 is 0 Å². The Morgan fingerprint density at radius 2 is 1.90 bits per heavy atom. The Hall–Kier alpha value is -1.53. The summed E-state index contributed by atoms with van der Waals surface area (Å²) in [5, 5.41) is 0. The standard InChI is InChI=1S/C14H15BrN2O2S/c1-2-10-9-11(15)7-8-13(10)17-20(18,19)14-6-4-3-5-12(14)16/h3-9,17H,2,16H2,1H3. The largest absolute Gasteiger partial charge is 0.398 e. The monoisotopic (exact) mass is 354 g/mol. The van der Waals surface area contributed by atoms with E-state index in [4.69, 9.17) is 5.73 Å². The molecule has 106 valence electrons. The van der Waals surface area contributed by atoms with Crippen molar-refractivity contribution in [2.24, 2.45) is 0 Å². The Labute approximate surface area is 127 Å². The number of aryl methyl sites for hydroxylation is 1. The Morgan fingerprint density at radius 1 is 1.20 bits per heavy atom. The summed E-state index contributed by atoms with van der Waals surface area (Å²) in [4.78, 5) is 0.0879. The summed E-state index contributed by atoms with van der Waals surface area (Å²) in [6.07, 6.45) is 0.724. The van der Waals surface area contributed by atoms with Crippen LogP contribution in [0.3, 0.4) is 0 Å². The summed E-state index contributed by atoms with van der Waals surface area (Å²) >= 11 is 3.38. The first-order valence-corrected chi connectivity index (χ1v) is 8.37. The lowest BCUT2D eigenvalue weighted by Gasteiger charge is -2.13. The third kappa shape index (κ3) is 3.13. The van der Waals surface area contributed by atoms with Gasteiger partial charge in [-0.3, -0.25) is 4.72 Å². The first kappa shape index (κ1) is 14.9. The number of rotatable bonds is 4. The smallest absolute Gasteiger partial charge is 0.263 e. The normalized spacial score (nSPS) is 11.3. The van der Waals surface area contributed by atoms with Crippen LogP contribution in [0.15, 0.2) is 51.8 Å². The number of nitrogens with one attached hydrogen (secondary N) is 1. The fraction of sp³-hybridized carbons (Fsp3) is 0.143. The summed E-state index contributed by atoms with van der Waals surface area (Å²) in [5.74, 6) is 0. The molecule has 0 atom stereocenters. The molecule has 0 saturated heterocycles. The molecule has 2 rings (SSSR count). The van der Waals surface area contributed by atoms with Gasteiger partial charge in [0.1, 0.15) is 4.90 Å². The van der Waals surface area contributed by atoms with Gasteiger partial charge in [0, 0.05) is 4.47 Å².